The van der Waals surface area contributed by atoms with Crippen molar-refractivity contribution in [2.75, 3.05) is 6.54 Å². The minimum absolute atomic E-state index is 0.0104. The van der Waals surface area contributed by atoms with Gasteiger partial charge in [-0.05, 0) is 13.0 Å². The van der Waals surface area contributed by atoms with Crippen LogP contribution in [0.25, 0.3) is 0 Å². The second kappa shape index (κ2) is 6.55. The van der Waals surface area contributed by atoms with Crippen molar-refractivity contribution in [3.05, 3.63) is 51.7 Å². The maximum Gasteiger partial charge on any atom is 0.433 e. The van der Waals surface area contributed by atoms with Crippen LogP contribution in [-0.4, -0.2) is 32.4 Å². The van der Waals surface area contributed by atoms with Crippen molar-refractivity contribution >= 4 is 5.91 Å². The molecule has 2 aromatic heterocycles. The first-order chi connectivity index (χ1) is 10.8. The lowest BCUT2D eigenvalue weighted by atomic mass is 10.3. The third-order valence-corrected chi connectivity index (χ3v) is 2.72. The zero-order valence-corrected chi connectivity index (χ0v) is 11.9. The summed E-state index contributed by atoms with van der Waals surface area (Å²) >= 11 is 0. The molecule has 0 atom stereocenters. The van der Waals surface area contributed by atoms with Crippen molar-refractivity contribution in [1.82, 2.24) is 25.3 Å². The van der Waals surface area contributed by atoms with Gasteiger partial charge in [-0.1, -0.05) is 0 Å². The minimum Gasteiger partial charge on any atom is -0.350 e. The molecular formula is C13H12F3N5O2. The largest absolute Gasteiger partial charge is 0.433 e. The Balaban J connectivity index is 2.00. The predicted octanol–water partition coefficient (Wildman–Crippen LogP) is 0.860. The smallest absolute Gasteiger partial charge is 0.350 e. The molecule has 0 bridgehead atoms. The molecule has 23 heavy (non-hydrogen) atoms. The van der Waals surface area contributed by atoms with Gasteiger partial charge in [0.1, 0.15) is 17.2 Å². The Kier molecular flexibility index (Phi) is 4.72. The first-order valence-corrected chi connectivity index (χ1v) is 6.50. The van der Waals surface area contributed by atoms with E-state index in [0.29, 0.717) is 0 Å². The third kappa shape index (κ3) is 4.59. The van der Waals surface area contributed by atoms with Gasteiger partial charge in [0.25, 0.3) is 11.5 Å². The van der Waals surface area contributed by atoms with E-state index in [1.54, 1.807) is 0 Å². The van der Waals surface area contributed by atoms with Gasteiger partial charge in [-0.25, -0.2) is 9.97 Å². The molecule has 2 aromatic rings. The highest BCUT2D eigenvalue weighted by Crippen LogP contribution is 2.27. The van der Waals surface area contributed by atoms with Crippen LogP contribution in [0.4, 0.5) is 13.2 Å². The maximum atomic E-state index is 12.7. The maximum absolute atomic E-state index is 12.7. The lowest BCUT2D eigenvalue weighted by Gasteiger charge is -2.09. The Morgan fingerprint density at radius 2 is 2.04 bits per heavy atom. The van der Waals surface area contributed by atoms with Gasteiger partial charge in [0.05, 0.1) is 12.4 Å². The van der Waals surface area contributed by atoms with E-state index in [2.05, 4.69) is 25.3 Å². The number of carbonyl (C=O) groups is 1. The van der Waals surface area contributed by atoms with Crippen LogP contribution < -0.4 is 10.9 Å². The van der Waals surface area contributed by atoms with Gasteiger partial charge >= 0.3 is 6.18 Å². The number of H-pyrrole nitrogens is 1. The van der Waals surface area contributed by atoms with Crippen LogP contribution in [0.1, 0.15) is 27.7 Å². The van der Waals surface area contributed by atoms with Crippen molar-refractivity contribution in [1.29, 1.82) is 0 Å². The number of hydrogen-bond acceptors (Lipinski definition) is 5. The summed E-state index contributed by atoms with van der Waals surface area (Å²) in [6.07, 6.45) is -2.36. The van der Waals surface area contributed by atoms with Crippen LogP contribution >= 0.6 is 0 Å². The summed E-state index contributed by atoms with van der Waals surface area (Å²) in [6.45, 7) is 1.44. The molecule has 0 radical (unpaired) electrons. The first-order valence-electron chi connectivity index (χ1n) is 6.50. The Labute approximate surface area is 128 Å². The number of aromatic nitrogens is 4. The van der Waals surface area contributed by atoms with E-state index in [1.165, 1.54) is 13.1 Å². The molecule has 0 saturated carbocycles. The van der Waals surface area contributed by atoms with Crippen LogP contribution in [-0.2, 0) is 12.6 Å². The number of amides is 1. The summed E-state index contributed by atoms with van der Waals surface area (Å²) in [4.78, 5) is 36.0. The molecule has 2 heterocycles. The number of nitrogens with one attached hydrogen (secondary N) is 2. The second-order valence-corrected chi connectivity index (χ2v) is 4.62. The molecule has 0 fully saturated rings. The van der Waals surface area contributed by atoms with Crippen LogP contribution in [0, 0.1) is 6.92 Å². The van der Waals surface area contributed by atoms with Crippen LogP contribution in [0.2, 0.25) is 0 Å². The first kappa shape index (κ1) is 16.6. The van der Waals surface area contributed by atoms with E-state index in [0.717, 1.165) is 12.3 Å². The van der Waals surface area contributed by atoms with E-state index in [9.17, 15) is 22.8 Å². The Morgan fingerprint density at radius 3 is 2.70 bits per heavy atom. The molecular weight excluding hydrogens is 315 g/mol. The summed E-state index contributed by atoms with van der Waals surface area (Å²) in [6, 6.07) is 0.850. The van der Waals surface area contributed by atoms with Gasteiger partial charge in [-0.2, -0.15) is 13.2 Å². The number of rotatable bonds is 4. The standard InChI is InChI=1S/C13H12F3N5O2/c1-7-4-9(13(14,15)16)21-10(19-7)2-3-18-12(23)8-5-17-6-11(22)20-8/h4-6H,2-3H2,1H3,(H,18,23)(H,20,22). The lowest BCUT2D eigenvalue weighted by molar-refractivity contribution is -0.141. The molecule has 0 spiro atoms. The highest BCUT2D eigenvalue weighted by atomic mass is 19.4. The fraction of sp³-hybridized carbons (Fsp3) is 0.308. The van der Waals surface area contributed by atoms with Crippen molar-refractivity contribution in [2.45, 2.75) is 19.5 Å². The normalized spacial score (nSPS) is 11.3. The van der Waals surface area contributed by atoms with Gasteiger partial charge in [0.2, 0.25) is 0 Å². The SMILES string of the molecule is Cc1cc(C(F)(F)F)nc(CCNC(=O)c2cncc(=O)[nH]2)n1. The topological polar surface area (TPSA) is 101 Å². The Bertz CT molecular complexity index is 773. The highest BCUT2D eigenvalue weighted by Gasteiger charge is 2.33. The van der Waals surface area contributed by atoms with Crippen LogP contribution in [0.5, 0.6) is 0 Å². The highest BCUT2D eigenvalue weighted by molar-refractivity contribution is 5.91. The van der Waals surface area contributed by atoms with Gasteiger partial charge in [0.15, 0.2) is 0 Å². The van der Waals surface area contributed by atoms with Crippen molar-refractivity contribution in [3.8, 4) is 0 Å². The molecule has 0 aromatic carbocycles. The molecule has 0 aliphatic carbocycles. The summed E-state index contributed by atoms with van der Waals surface area (Å²) < 4.78 is 38.0. The molecule has 0 aliphatic heterocycles. The molecule has 122 valence electrons. The molecule has 0 unspecified atom stereocenters. The summed E-state index contributed by atoms with van der Waals surface area (Å²) in [5.74, 6) is -0.629. The van der Waals surface area contributed by atoms with E-state index in [4.69, 9.17) is 0 Å². The Morgan fingerprint density at radius 1 is 1.30 bits per heavy atom. The molecule has 2 rings (SSSR count). The average molecular weight is 327 g/mol. The van der Waals surface area contributed by atoms with Crippen molar-refractivity contribution < 1.29 is 18.0 Å². The van der Waals surface area contributed by atoms with E-state index >= 15 is 0 Å². The molecule has 1 amide bonds. The van der Waals surface area contributed by atoms with Crippen molar-refractivity contribution in [2.24, 2.45) is 0 Å². The fourth-order valence-electron chi connectivity index (χ4n) is 1.76. The van der Waals surface area contributed by atoms with E-state index in [-0.39, 0.29) is 30.2 Å². The molecule has 2 N–H and O–H groups in total. The number of hydrogen-bond donors (Lipinski definition) is 2. The summed E-state index contributed by atoms with van der Waals surface area (Å²) in [7, 11) is 0. The number of carbonyl (C=O) groups excluding carboxylic acids is 1. The van der Waals surface area contributed by atoms with E-state index in [1.807, 2.05) is 0 Å². The monoisotopic (exact) mass is 327 g/mol. The van der Waals surface area contributed by atoms with Gasteiger partial charge in [0, 0.05) is 18.7 Å². The zero-order chi connectivity index (χ0) is 17.0. The third-order valence-electron chi connectivity index (χ3n) is 2.72. The van der Waals surface area contributed by atoms with Gasteiger partial charge in [-0.15, -0.1) is 0 Å². The average Bonchev–Trinajstić information content (AvgIpc) is 2.45. The predicted molar refractivity (Wildman–Crippen MR) is 72.7 cm³/mol. The number of halogens is 3. The molecule has 0 aliphatic rings. The number of alkyl halides is 3. The number of aryl methyl sites for hydroxylation is 1. The summed E-state index contributed by atoms with van der Waals surface area (Å²) in [5.41, 5.74) is -1.42. The summed E-state index contributed by atoms with van der Waals surface area (Å²) in [5, 5.41) is 2.44. The fourth-order valence-corrected chi connectivity index (χ4v) is 1.76. The van der Waals surface area contributed by atoms with Gasteiger partial charge < -0.3 is 10.3 Å². The van der Waals surface area contributed by atoms with E-state index < -0.39 is 23.3 Å². The Hall–Kier alpha value is -2.78. The number of aromatic amines is 1. The molecule has 7 nitrogen and oxygen atoms in total. The second-order valence-electron chi connectivity index (χ2n) is 4.62. The quantitative estimate of drug-likeness (QED) is 0.867. The zero-order valence-electron chi connectivity index (χ0n) is 11.9. The lowest BCUT2D eigenvalue weighted by Crippen LogP contribution is -2.29. The molecule has 10 heteroatoms. The minimum atomic E-state index is -4.55. The number of nitrogens with zero attached hydrogens (tertiary/aromatic N) is 3. The van der Waals surface area contributed by atoms with Gasteiger partial charge in [-0.3, -0.25) is 14.6 Å². The molecule has 0 saturated heterocycles. The van der Waals surface area contributed by atoms with Crippen LogP contribution in [0.15, 0.2) is 23.3 Å². The van der Waals surface area contributed by atoms with Crippen LogP contribution in [0.3, 0.4) is 0 Å². The van der Waals surface area contributed by atoms with Crippen molar-refractivity contribution in [3.63, 3.8) is 0 Å².